The molecule has 0 bridgehead atoms. The zero-order chi connectivity index (χ0) is 18.8. The minimum Gasteiger partial charge on any atom is -0.324 e. The number of nitrogens with one attached hydrogen (secondary N) is 1. The van der Waals surface area contributed by atoms with Crippen LogP contribution in [0, 0.1) is 0 Å². The number of hydrogen-bond donors (Lipinski definition) is 1. The van der Waals surface area contributed by atoms with Gasteiger partial charge in [0.1, 0.15) is 6.54 Å². The zero-order valence-electron chi connectivity index (χ0n) is 14.0. The molecule has 5 nitrogen and oxygen atoms in total. The van der Waals surface area contributed by atoms with Gasteiger partial charge in [0.15, 0.2) is 0 Å². The number of anilines is 1. The first kappa shape index (κ1) is 17.5. The number of carbonyl (C=O) groups excluding carboxylic acids is 3. The van der Waals surface area contributed by atoms with Gasteiger partial charge in [-0.3, -0.25) is 19.3 Å². The van der Waals surface area contributed by atoms with Gasteiger partial charge in [0.05, 0.1) is 4.91 Å². The minimum atomic E-state index is -0.438. The molecule has 0 radical (unpaired) electrons. The quantitative estimate of drug-likeness (QED) is 0.658. The average molecular weight is 394 g/mol. The van der Waals surface area contributed by atoms with Gasteiger partial charge in [-0.25, -0.2) is 0 Å². The van der Waals surface area contributed by atoms with Gasteiger partial charge >= 0.3 is 0 Å². The van der Waals surface area contributed by atoms with Gasteiger partial charge in [0.25, 0.3) is 11.1 Å². The summed E-state index contributed by atoms with van der Waals surface area (Å²) in [5.41, 5.74) is 0.652. The van der Waals surface area contributed by atoms with Crippen LogP contribution in [0.4, 0.5) is 10.5 Å². The molecule has 1 fully saturated rings. The van der Waals surface area contributed by atoms with Gasteiger partial charge in [0, 0.05) is 16.0 Å². The van der Waals surface area contributed by atoms with Crippen LogP contribution in [0.5, 0.6) is 0 Å². The molecular formula is C20H14N2O3S2. The third-order valence-electron chi connectivity index (χ3n) is 4.06. The summed E-state index contributed by atoms with van der Waals surface area (Å²) in [7, 11) is 0. The first-order chi connectivity index (χ1) is 13.1. The first-order valence-electron chi connectivity index (χ1n) is 8.18. The monoisotopic (exact) mass is 394 g/mol. The average Bonchev–Trinajstić information content (AvgIpc) is 3.26. The smallest absolute Gasteiger partial charge is 0.294 e. The normalized spacial score (nSPS) is 15.7. The Bertz CT molecular complexity index is 1070. The Balaban J connectivity index is 1.49. The fourth-order valence-corrected chi connectivity index (χ4v) is 4.37. The molecule has 0 saturated carbocycles. The Morgan fingerprint density at radius 2 is 1.85 bits per heavy atom. The van der Waals surface area contributed by atoms with E-state index in [9.17, 15) is 14.4 Å². The topological polar surface area (TPSA) is 66.5 Å². The molecule has 0 atom stereocenters. The van der Waals surface area contributed by atoms with Gasteiger partial charge < -0.3 is 5.32 Å². The highest BCUT2D eigenvalue weighted by Crippen LogP contribution is 2.33. The fourth-order valence-electron chi connectivity index (χ4n) is 2.81. The molecule has 0 aliphatic carbocycles. The van der Waals surface area contributed by atoms with E-state index in [0.29, 0.717) is 10.6 Å². The number of nitrogens with zero attached hydrogens (tertiary/aromatic N) is 1. The number of amides is 3. The Kier molecular flexibility index (Phi) is 4.79. The largest absolute Gasteiger partial charge is 0.324 e. The highest BCUT2D eigenvalue weighted by atomic mass is 32.2. The van der Waals surface area contributed by atoms with E-state index in [1.54, 1.807) is 12.1 Å². The van der Waals surface area contributed by atoms with E-state index in [1.165, 1.54) is 11.3 Å². The van der Waals surface area contributed by atoms with Crippen molar-refractivity contribution in [3.8, 4) is 0 Å². The predicted molar refractivity (Wildman–Crippen MR) is 110 cm³/mol. The van der Waals surface area contributed by atoms with E-state index in [0.717, 1.165) is 32.3 Å². The lowest BCUT2D eigenvalue weighted by Gasteiger charge is -2.13. The number of imide groups is 1. The highest BCUT2D eigenvalue weighted by molar-refractivity contribution is 8.18. The van der Waals surface area contributed by atoms with Crippen LogP contribution in [0.3, 0.4) is 0 Å². The SMILES string of the molecule is O=C(CN1C(=O)S/C(=C\c2cccs2)C1=O)Nc1cccc2ccccc12. The third kappa shape index (κ3) is 3.65. The molecule has 3 amide bonds. The Labute approximate surface area is 163 Å². The lowest BCUT2D eigenvalue weighted by atomic mass is 10.1. The van der Waals surface area contributed by atoms with Crippen LogP contribution in [-0.2, 0) is 9.59 Å². The van der Waals surface area contributed by atoms with E-state index in [2.05, 4.69) is 5.32 Å². The number of benzene rings is 2. The van der Waals surface area contributed by atoms with Crippen LogP contribution in [0.1, 0.15) is 4.88 Å². The van der Waals surface area contributed by atoms with Crippen LogP contribution in [0.25, 0.3) is 16.8 Å². The van der Waals surface area contributed by atoms with Crippen LogP contribution in [0.2, 0.25) is 0 Å². The molecule has 27 heavy (non-hydrogen) atoms. The molecule has 7 heteroatoms. The van der Waals surface area contributed by atoms with Crippen LogP contribution in [-0.4, -0.2) is 28.5 Å². The van der Waals surface area contributed by atoms with Crippen molar-refractivity contribution >= 4 is 62.7 Å². The molecule has 1 saturated heterocycles. The Morgan fingerprint density at radius 1 is 1.04 bits per heavy atom. The van der Waals surface area contributed by atoms with Crippen molar-refractivity contribution in [3.05, 3.63) is 69.8 Å². The maximum Gasteiger partial charge on any atom is 0.294 e. The molecule has 3 aromatic rings. The maximum atomic E-state index is 12.5. The molecule has 4 rings (SSSR count). The van der Waals surface area contributed by atoms with Crippen molar-refractivity contribution < 1.29 is 14.4 Å². The van der Waals surface area contributed by atoms with E-state index in [1.807, 2.05) is 53.9 Å². The molecule has 1 aliphatic heterocycles. The van der Waals surface area contributed by atoms with Gasteiger partial charge in [-0.2, -0.15) is 0 Å². The number of rotatable bonds is 4. The molecule has 2 aromatic carbocycles. The minimum absolute atomic E-state index is 0.310. The summed E-state index contributed by atoms with van der Waals surface area (Å²) in [6, 6.07) is 17.0. The first-order valence-corrected chi connectivity index (χ1v) is 9.88. The number of thiophene rings is 1. The summed E-state index contributed by atoms with van der Waals surface area (Å²) < 4.78 is 0. The van der Waals surface area contributed by atoms with E-state index < -0.39 is 17.1 Å². The van der Waals surface area contributed by atoms with Crippen molar-refractivity contribution in [1.29, 1.82) is 0 Å². The highest BCUT2D eigenvalue weighted by Gasteiger charge is 2.36. The van der Waals surface area contributed by atoms with Crippen LogP contribution >= 0.6 is 23.1 Å². The summed E-state index contributed by atoms with van der Waals surface area (Å²) in [6.45, 7) is -0.310. The van der Waals surface area contributed by atoms with E-state index >= 15 is 0 Å². The standard InChI is InChI=1S/C20H14N2O3S2/c23-18(21-16-9-3-6-13-5-1-2-8-15(13)16)12-22-19(24)17(27-20(22)25)11-14-7-4-10-26-14/h1-11H,12H2,(H,21,23)/b17-11-. The molecule has 134 valence electrons. The second kappa shape index (κ2) is 7.38. The molecule has 1 aliphatic rings. The lowest BCUT2D eigenvalue weighted by molar-refractivity contribution is -0.127. The van der Waals surface area contributed by atoms with Crippen molar-refractivity contribution in [2.75, 3.05) is 11.9 Å². The summed E-state index contributed by atoms with van der Waals surface area (Å²) >= 11 is 2.34. The second-order valence-electron chi connectivity index (χ2n) is 5.86. The predicted octanol–water partition coefficient (Wildman–Crippen LogP) is 4.58. The van der Waals surface area contributed by atoms with E-state index in [-0.39, 0.29) is 6.54 Å². The summed E-state index contributed by atoms with van der Waals surface area (Å²) in [5, 5.41) is 6.17. The van der Waals surface area contributed by atoms with Gasteiger partial charge in [-0.05, 0) is 40.7 Å². The van der Waals surface area contributed by atoms with Crippen molar-refractivity contribution in [1.82, 2.24) is 4.90 Å². The van der Waals surface area contributed by atoms with E-state index in [4.69, 9.17) is 0 Å². The summed E-state index contributed by atoms with van der Waals surface area (Å²) in [6.07, 6.45) is 1.68. The van der Waals surface area contributed by atoms with Crippen molar-refractivity contribution in [3.63, 3.8) is 0 Å². The third-order valence-corrected chi connectivity index (χ3v) is 5.78. The molecule has 0 spiro atoms. The molecule has 2 heterocycles. The molecular weight excluding hydrogens is 380 g/mol. The molecule has 0 unspecified atom stereocenters. The van der Waals surface area contributed by atoms with Gasteiger partial charge in [-0.15, -0.1) is 11.3 Å². The summed E-state index contributed by atoms with van der Waals surface area (Å²) in [4.78, 5) is 39.3. The van der Waals surface area contributed by atoms with Crippen LogP contribution in [0.15, 0.2) is 64.9 Å². The molecule has 1 aromatic heterocycles. The second-order valence-corrected chi connectivity index (χ2v) is 7.83. The van der Waals surface area contributed by atoms with Gasteiger partial charge in [0.2, 0.25) is 5.91 Å². The maximum absolute atomic E-state index is 12.5. The van der Waals surface area contributed by atoms with Crippen molar-refractivity contribution in [2.24, 2.45) is 0 Å². The fraction of sp³-hybridized carbons (Fsp3) is 0.0500. The Morgan fingerprint density at radius 3 is 2.67 bits per heavy atom. The number of thioether (sulfide) groups is 1. The lowest BCUT2D eigenvalue weighted by Crippen LogP contribution is -2.36. The molecule has 1 N–H and O–H groups in total. The van der Waals surface area contributed by atoms with Crippen LogP contribution < -0.4 is 5.32 Å². The number of carbonyl (C=O) groups is 3. The van der Waals surface area contributed by atoms with Gasteiger partial charge in [-0.1, -0.05) is 42.5 Å². The summed E-state index contributed by atoms with van der Waals surface area (Å²) in [5.74, 6) is -0.850. The number of fused-ring (bicyclic) bond motifs is 1. The van der Waals surface area contributed by atoms with Crippen molar-refractivity contribution in [2.45, 2.75) is 0 Å². The Hall–Kier alpha value is -2.90. The number of hydrogen-bond acceptors (Lipinski definition) is 5. The zero-order valence-corrected chi connectivity index (χ0v) is 15.7.